The summed E-state index contributed by atoms with van der Waals surface area (Å²) in [5.74, 6) is -0.433. The van der Waals surface area contributed by atoms with E-state index in [2.05, 4.69) is 64.3 Å². The van der Waals surface area contributed by atoms with E-state index in [0.29, 0.717) is 23.6 Å². The molecule has 4 heteroatoms. The Bertz CT molecular complexity index is 1220. The summed E-state index contributed by atoms with van der Waals surface area (Å²) in [6.07, 6.45) is 9.24. The number of aromatic carboxylic acids is 1. The standard InChI is InChI=1S/C27H26N2O2/c30-27(31)24-16-23(21-8-4-5-9-21)17-28-25(24)15-20-10-11-26-22(14-20)12-13-29(26)18-19-6-2-1-3-7-19/h1-3,6-7,10-14,16-17,21H,4-5,8-9,15,18H2,(H,30,31). The normalized spacial score (nSPS) is 14.3. The molecular weight excluding hydrogens is 384 g/mol. The maximum atomic E-state index is 11.9. The highest BCUT2D eigenvalue weighted by Gasteiger charge is 2.21. The molecule has 31 heavy (non-hydrogen) atoms. The Morgan fingerprint density at radius 3 is 2.58 bits per heavy atom. The number of nitrogens with zero attached hydrogens (tertiary/aromatic N) is 2. The highest BCUT2D eigenvalue weighted by Crippen LogP contribution is 2.34. The summed E-state index contributed by atoms with van der Waals surface area (Å²) < 4.78 is 2.24. The highest BCUT2D eigenvalue weighted by atomic mass is 16.4. The van der Waals surface area contributed by atoms with Crippen LogP contribution in [-0.2, 0) is 13.0 Å². The predicted molar refractivity (Wildman–Crippen MR) is 123 cm³/mol. The molecule has 2 aromatic carbocycles. The first kappa shape index (κ1) is 19.6. The maximum Gasteiger partial charge on any atom is 0.337 e. The number of fused-ring (bicyclic) bond motifs is 1. The van der Waals surface area contributed by atoms with Gasteiger partial charge in [-0.2, -0.15) is 0 Å². The van der Waals surface area contributed by atoms with Gasteiger partial charge in [0.05, 0.1) is 11.3 Å². The van der Waals surface area contributed by atoms with Crippen LogP contribution in [0, 0.1) is 0 Å². The number of aromatic nitrogens is 2. The first-order valence-electron chi connectivity index (χ1n) is 11.0. The number of rotatable bonds is 6. The van der Waals surface area contributed by atoms with Crippen LogP contribution in [-0.4, -0.2) is 20.6 Å². The second-order valence-electron chi connectivity index (χ2n) is 8.55. The van der Waals surface area contributed by atoms with Crippen molar-refractivity contribution in [3.05, 3.63) is 101 Å². The van der Waals surface area contributed by atoms with Crippen molar-refractivity contribution in [1.82, 2.24) is 9.55 Å². The van der Waals surface area contributed by atoms with E-state index in [1.165, 1.54) is 23.9 Å². The number of pyridine rings is 1. The van der Waals surface area contributed by atoms with E-state index < -0.39 is 5.97 Å². The lowest BCUT2D eigenvalue weighted by atomic mass is 9.95. The van der Waals surface area contributed by atoms with Crippen molar-refractivity contribution in [2.45, 2.75) is 44.6 Å². The molecule has 1 fully saturated rings. The Labute approximate surface area is 182 Å². The molecule has 1 aliphatic rings. The smallest absolute Gasteiger partial charge is 0.337 e. The van der Waals surface area contributed by atoms with Crippen molar-refractivity contribution >= 4 is 16.9 Å². The molecule has 1 aliphatic carbocycles. The van der Waals surface area contributed by atoms with Gasteiger partial charge in [-0.1, -0.05) is 49.2 Å². The third-order valence-corrected chi connectivity index (χ3v) is 6.45. The zero-order valence-electron chi connectivity index (χ0n) is 17.5. The minimum Gasteiger partial charge on any atom is -0.478 e. The van der Waals surface area contributed by atoms with E-state index in [1.54, 1.807) is 0 Å². The predicted octanol–water partition coefficient (Wildman–Crippen LogP) is 6.03. The fraction of sp³-hybridized carbons (Fsp3) is 0.259. The monoisotopic (exact) mass is 410 g/mol. The summed E-state index contributed by atoms with van der Waals surface area (Å²) >= 11 is 0. The van der Waals surface area contributed by atoms with Gasteiger partial charge in [0.2, 0.25) is 0 Å². The average molecular weight is 411 g/mol. The lowest BCUT2D eigenvalue weighted by molar-refractivity contribution is 0.0695. The summed E-state index contributed by atoms with van der Waals surface area (Å²) in [6, 6.07) is 20.8. The van der Waals surface area contributed by atoms with E-state index in [0.717, 1.165) is 35.9 Å². The van der Waals surface area contributed by atoms with Gasteiger partial charge in [-0.15, -0.1) is 0 Å². The van der Waals surface area contributed by atoms with Gasteiger partial charge in [-0.25, -0.2) is 4.79 Å². The minimum absolute atomic E-state index is 0.339. The van der Waals surface area contributed by atoms with Gasteiger partial charge in [-0.05, 0) is 65.1 Å². The Kier molecular flexibility index (Phi) is 5.29. The van der Waals surface area contributed by atoms with Crippen LogP contribution in [0.15, 0.2) is 73.1 Å². The second-order valence-corrected chi connectivity index (χ2v) is 8.55. The third-order valence-electron chi connectivity index (χ3n) is 6.45. The third kappa shape index (κ3) is 4.11. The summed E-state index contributed by atoms with van der Waals surface area (Å²) in [6.45, 7) is 0.830. The van der Waals surface area contributed by atoms with Crippen molar-refractivity contribution in [1.29, 1.82) is 0 Å². The van der Waals surface area contributed by atoms with Crippen LogP contribution in [0.25, 0.3) is 10.9 Å². The van der Waals surface area contributed by atoms with Crippen molar-refractivity contribution < 1.29 is 9.90 Å². The van der Waals surface area contributed by atoms with Gasteiger partial charge in [0, 0.05) is 30.9 Å². The Hall–Kier alpha value is -3.40. The van der Waals surface area contributed by atoms with Crippen LogP contribution in [0.2, 0.25) is 0 Å². The van der Waals surface area contributed by atoms with Crippen molar-refractivity contribution in [2.75, 3.05) is 0 Å². The number of carboxylic acids is 1. The summed E-state index contributed by atoms with van der Waals surface area (Å²) in [5, 5.41) is 10.9. The molecule has 0 bridgehead atoms. The first-order valence-corrected chi connectivity index (χ1v) is 11.0. The molecule has 0 spiro atoms. The average Bonchev–Trinajstić information content (AvgIpc) is 3.45. The van der Waals surface area contributed by atoms with Crippen molar-refractivity contribution in [2.24, 2.45) is 0 Å². The van der Waals surface area contributed by atoms with Crippen LogP contribution < -0.4 is 0 Å². The molecule has 156 valence electrons. The fourth-order valence-electron chi connectivity index (χ4n) is 4.79. The summed E-state index contributed by atoms with van der Waals surface area (Å²) in [7, 11) is 0. The Morgan fingerprint density at radius 1 is 1.00 bits per heavy atom. The number of carbonyl (C=O) groups is 1. The van der Waals surface area contributed by atoms with Gasteiger partial charge in [0.25, 0.3) is 0 Å². The van der Waals surface area contributed by atoms with Crippen molar-refractivity contribution in [3.63, 3.8) is 0 Å². The zero-order valence-corrected chi connectivity index (χ0v) is 17.5. The minimum atomic E-state index is -0.891. The first-order chi connectivity index (χ1) is 15.2. The van der Waals surface area contributed by atoms with Crippen LogP contribution >= 0.6 is 0 Å². The van der Waals surface area contributed by atoms with Crippen LogP contribution in [0.3, 0.4) is 0 Å². The second kappa shape index (κ2) is 8.38. The quantitative estimate of drug-likeness (QED) is 0.422. The van der Waals surface area contributed by atoms with Crippen molar-refractivity contribution in [3.8, 4) is 0 Å². The molecule has 0 radical (unpaired) electrons. The van der Waals surface area contributed by atoms with Crippen LogP contribution in [0.1, 0.15) is 64.3 Å². The Morgan fingerprint density at radius 2 is 1.81 bits per heavy atom. The molecule has 1 N–H and O–H groups in total. The molecule has 2 aromatic heterocycles. The lowest BCUT2D eigenvalue weighted by Gasteiger charge is -2.13. The van der Waals surface area contributed by atoms with Gasteiger partial charge in [0.1, 0.15) is 0 Å². The SMILES string of the molecule is O=C(O)c1cc(C2CCCC2)cnc1Cc1ccc2c(ccn2Cc2ccccc2)c1. The largest absolute Gasteiger partial charge is 0.478 e. The molecular formula is C27H26N2O2. The van der Waals surface area contributed by atoms with Gasteiger partial charge in [-0.3, -0.25) is 4.98 Å². The lowest BCUT2D eigenvalue weighted by Crippen LogP contribution is -2.08. The topological polar surface area (TPSA) is 55.1 Å². The molecule has 0 unspecified atom stereocenters. The van der Waals surface area contributed by atoms with Gasteiger partial charge >= 0.3 is 5.97 Å². The number of carboxylic acid groups (broad SMARTS) is 1. The summed E-state index contributed by atoms with van der Waals surface area (Å²) in [4.78, 5) is 16.5. The van der Waals surface area contributed by atoms with E-state index >= 15 is 0 Å². The molecule has 1 saturated carbocycles. The number of benzene rings is 2. The van der Waals surface area contributed by atoms with Crippen LogP contribution in [0.5, 0.6) is 0 Å². The zero-order chi connectivity index (χ0) is 21.2. The molecule has 0 amide bonds. The van der Waals surface area contributed by atoms with E-state index in [-0.39, 0.29) is 0 Å². The molecule has 0 atom stereocenters. The molecule has 0 saturated heterocycles. The Balaban J connectivity index is 1.40. The van der Waals surface area contributed by atoms with E-state index in [4.69, 9.17) is 0 Å². The number of hydrogen-bond donors (Lipinski definition) is 1. The maximum absolute atomic E-state index is 11.9. The summed E-state index contributed by atoms with van der Waals surface area (Å²) in [5.41, 5.74) is 5.57. The molecule has 5 rings (SSSR count). The van der Waals surface area contributed by atoms with Gasteiger partial charge < -0.3 is 9.67 Å². The molecule has 4 nitrogen and oxygen atoms in total. The highest BCUT2D eigenvalue weighted by molar-refractivity contribution is 5.89. The van der Waals surface area contributed by atoms with E-state index in [9.17, 15) is 9.90 Å². The van der Waals surface area contributed by atoms with Gasteiger partial charge in [0.15, 0.2) is 0 Å². The molecule has 0 aliphatic heterocycles. The molecule has 2 heterocycles. The van der Waals surface area contributed by atoms with E-state index in [1.807, 2.05) is 18.3 Å². The number of hydrogen-bond acceptors (Lipinski definition) is 2. The molecule has 4 aromatic rings. The fourth-order valence-corrected chi connectivity index (χ4v) is 4.79. The van der Waals surface area contributed by atoms with Crippen LogP contribution in [0.4, 0.5) is 0 Å².